The summed E-state index contributed by atoms with van der Waals surface area (Å²) in [6.07, 6.45) is 0.619. The first-order valence-electron chi connectivity index (χ1n) is 6.15. The van der Waals surface area contributed by atoms with Crippen LogP contribution in [0.4, 0.5) is 0 Å². The standard InChI is InChI=1S/C14H20N2O3/c1-18-10-13(5-6-17)16-9-12-7-11(8-15)3-4-14(12)19-2/h3-4,7,13,16-17H,5-6,9-10H2,1-2H3. The van der Waals surface area contributed by atoms with Crippen molar-refractivity contribution in [2.24, 2.45) is 0 Å². The molecule has 0 saturated heterocycles. The fourth-order valence-corrected chi connectivity index (χ4v) is 1.84. The molecular weight excluding hydrogens is 244 g/mol. The molecule has 1 atom stereocenters. The summed E-state index contributed by atoms with van der Waals surface area (Å²) in [6.45, 7) is 1.20. The number of rotatable bonds is 8. The van der Waals surface area contributed by atoms with Crippen LogP contribution >= 0.6 is 0 Å². The lowest BCUT2D eigenvalue weighted by atomic mass is 10.1. The van der Waals surface area contributed by atoms with Gasteiger partial charge >= 0.3 is 0 Å². The fourth-order valence-electron chi connectivity index (χ4n) is 1.84. The molecule has 5 heteroatoms. The number of benzene rings is 1. The molecular formula is C14H20N2O3. The molecule has 19 heavy (non-hydrogen) atoms. The van der Waals surface area contributed by atoms with Crippen LogP contribution in [-0.4, -0.2) is 38.6 Å². The number of hydrogen-bond donors (Lipinski definition) is 2. The first-order chi connectivity index (χ1) is 9.24. The molecule has 0 saturated carbocycles. The summed E-state index contributed by atoms with van der Waals surface area (Å²) in [6, 6.07) is 7.49. The van der Waals surface area contributed by atoms with Gasteiger partial charge in [0.1, 0.15) is 5.75 Å². The van der Waals surface area contributed by atoms with E-state index in [9.17, 15) is 0 Å². The summed E-state index contributed by atoms with van der Waals surface area (Å²) in [5, 5.41) is 21.2. The van der Waals surface area contributed by atoms with Gasteiger partial charge in [0.25, 0.3) is 0 Å². The van der Waals surface area contributed by atoms with Crippen molar-refractivity contribution in [3.05, 3.63) is 29.3 Å². The maximum absolute atomic E-state index is 8.98. The van der Waals surface area contributed by atoms with Crippen LogP contribution in [0.3, 0.4) is 0 Å². The number of aliphatic hydroxyl groups excluding tert-OH is 1. The third kappa shape index (κ3) is 4.87. The van der Waals surface area contributed by atoms with Gasteiger partial charge in [0.2, 0.25) is 0 Å². The van der Waals surface area contributed by atoms with Crippen molar-refractivity contribution in [3.63, 3.8) is 0 Å². The van der Waals surface area contributed by atoms with E-state index in [1.54, 1.807) is 32.4 Å². The van der Waals surface area contributed by atoms with Gasteiger partial charge in [0.05, 0.1) is 25.3 Å². The van der Waals surface area contributed by atoms with E-state index in [1.807, 2.05) is 0 Å². The molecule has 5 nitrogen and oxygen atoms in total. The van der Waals surface area contributed by atoms with Crippen molar-refractivity contribution < 1.29 is 14.6 Å². The molecule has 0 spiro atoms. The zero-order valence-corrected chi connectivity index (χ0v) is 11.3. The minimum atomic E-state index is 0.0745. The molecule has 0 aliphatic rings. The Balaban J connectivity index is 2.71. The molecule has 0 heterocycles. The monoisotopic (exact) mass is 264 g/mol. The van der Waals surface area contributed by atoms with Crippen LogP contribution in [0.15, 0.2) is 18.2 Å². The van der Waals surface area contributed by atoms with Crippen LogP contribution in [0.1, 0.15) is 17.5 Å². The van der Waals surface area contributed by atoms with E-state index >= 15 is 0 Å². The Morgan fingerprint density at radius 3 is 2.79 bits per heavy atom. The molecule has 0 aliphatic carbocycles. The van der Waals surface area contributed by atoms with Gasteiger partial charge in [0, 0.05) is 31.9 Å². The first kappa shape index (κ1) is 15.4. The van der Waals surface area contributed by atoms with Crippen LogP contribution in [0.5, 0.6) is 5.75 Å². The van der Waals surface area contributed by atoms with Gasteiger partial charge in [-0.1, -0.05) is 0 Å². The van der Waals surface area contributed by atoms with E-state index in [-0.39, 0.29) is 12.6 Å². The van der Waals surface area contributed by atoms with Gasteiger partial charge < -0.3 is 19.9 Å². The molecule has 2 N–H and O–H groups in total. The van der Waals surface area contributed by atoms with E-state index in [1.165, 1.54) is 0 Å². The Morgan fingerprint density at radius 2 is 2.21 bits per heavy atom. The average Bonchev–Trinajstić information content (AvgIpc) is 2.44. The maximum atomic E-state index is 8.98. The van der Waals surface area contributed by atoms with E-state index in [2.05, 4.69) is 11.4 Å². The quantitative estimate of drug-likeness (QED) is 0.734. The summed E-state index contributed by atoms with van der Waals surface area (Å²) >= 11 is 0. The topological polar surface area (TPSA) is 74.5 Å². The van der Waals surface area contributed by atoms with Crippen molar-refractivity contribution in [2.75, 3.05) is 27.4 Å². The molecule has 1 rings (SSSR count). The number of aliphatic hydroxyl groups is 1. The van der Waals surface area contributed by atoms with Crippen LogP contribution in [0, 0.1) is 11.3 Å². The lowest BCUT2D eigenvalue weighted by Crippen LogP contribution is -2.33. The molecule has 1 aromatic carbocycles. The Labute approximate surface area is 113 Å². The molecule has 1 aromatic rings. The molecule has 1 unspecified atom stereocenters. The second-order valence-corrected chi connectivity index (χ2v) is 4.18. The molecule has 0 aliphatic heterocycles. The largest absolute Gasteiger partial charge is 0.496 e. The number of nitrogens with one attached hydrogen (secondary N) is 1. The Bertz CT molecular complexity index is 423. The van der Waals surface area contributed by atoms with E-state index in [4.69, 9.17) is 19.8 Å². The SMILES string of the molecule is COCC(CCO)NCc1cc(C#N)ccc1OC. The van der Waals surface area contributed by atoms with Crippen molar-refractivity contribution in [1.29, 1.82) is 5.26 Å². The number of nitrogens with zero attached hydrogens (tertiary/aromatic N) is 1. The Kier molecular flexibility index (Phi) is 6.90. The zero-order chi connectivity index (χ0) is 14.1. The van der Waals surface area contributed by atoms with Gasteiger partial charge in [0.15, 0.2) is 0 Å². The van der Waals surface area contributed by atoms with Gasteiger partial charge in [-0.05, 0) is 24.6 Å². The minimum Gasteiger partial charge on any atom is -0.496 e. The zero-order valence-electron chi connectivity index (χ0n) is 11.3. The molecule has 0 amide bonds. The Hall–Kier alpha value is -1.61. The lowest BCUT2D eigenvalue weighted by molar-refractivity contribution is 0.148. The highest BCUT2D eigenvalue weighted by atomic mass is 16.5. The van der Waals surface area contributed by atoms with Gasteiger partial charge in [-0.2, -0.15) is 5.26 Å². The molecule has 0 radical (unpaired) electrons. The van der Waals surface area contributed by atoms with Crippen LogP contribution < -0.4 is 10.1 Å². The van der Waals surface area contributed by atoms with Crippen molar-refractivity contribution in [1.82, 2.24) is 5.32 Å². The van der Waals surface area contributed by atoms with Gasteiger partial charge in [-0.3, -0.25) is 0 Å². The van der Waals surface area contributed by atoms with Crippen molar-refractivity contribution in [3.8, 4) is 11.8 Å². The fraction of sp³-hybridized carbons (Fsp3) is 0.500. The summed E-state index contributed by atoms with van der Waals surface area (Å²) in [5.74, 6) is 0.742. The summed E-state index contributed by atoms with van der Waals surface area (Å²) in [7, 11) is 3.23. The summed E-state index contributed by atoms with van der Waals surface area (Å²) in [5.41, 5.74) is 1.52. The molecule has 104 valence electrons. The van der Waals surface area contributed by atoms with Gasteiger partial charge in [-0.15, -0.1) is 0 Å². The van der Waals surface area contributed by atoms with E-state index in [0.29, 0.717) is 25.1 Å². The normalized spacial score (nSPS) is 11.9. The summed E-state index contributed by atoms with van der Waals surface area (Å²) in [4.78, 5) is 0. The highest BCUT2D eigenvalue weighted by Gasteiger charge is 2.10. The number of hydrogen-bond acceptors (Lipinski definition) is 5. The first-order valence-corrected chi connectivity index (χ1v) is 6.15. The molecule has 0 fully saturated rings. The Morgan fingerprint density at radius 1 is 1.42 bits per heavy atom. The second-order valence-electron chi connectivity index (χ2n) is 4.18. The van der Waals surface area contributed by atoms with Crippen LogP contribution in [0.2, 0.25) is 0 Å². The number of ether oxygens (including phenoxy) is 2. The van der Waals surface area contributed by atoms with E-state index in [0.717, 1.165) is 11.3 Å². The predicted molar refractivity (Wildman–Crippen MR) is 71.9 cm³/mol. The lowest BCUT2D eigenvalue weighted by Gasteiger charge is -2.18. The minimum absolute atomic E-state index is 0.0745. The predicted octanol–water partition coefficient (Wildman–Crippen LogP) is 1.05. The average molecular weight is 264 g/mol. The molecule has 0 bridgehead atoms. The highest BCUT2D eigenvalue weighted by Crippen LogP contribution is 2.19. The smallest absolute Gasteiger partial charge is 0.123 e. The number of nitriles is 1. The van der Waals surface area contributed by atoms with Crippen LogP contribution in [0.25, 0.3) is 0 Å². The second kappa shape index (κ2) is 8.48. The van der Waals surface area contributed by atoms with Crippen molar-refractivity contribution in [2.45, 2.75) is 19.0 Å². The third-order valence-corrected chi connectivity index (χ3v) is 2.84. The third-order valence-electron chi connectivity index (χ3n) is 2.84. The molecule has 0 aromatic heterocycles. The van der Waals surface area contributed by atoms with Gasteiger partial charge in [-0.25, -0.2) is 0 Å². The number of methoxy groups -OCH3 is 2. The van der Waals surface area contributed by atoms with Crippen LogP contribution in [-0.2, 0) is 11.3 Å². The maximum Gasteiger partial charge on any atom is 0.123 e. The summed E-state index contributed by atoms with van der Waals surface area (Å²) < 4.78 is 10.4. The van der Waals surface area contributed by atoms with Crippen molar-refractivity contribution >= 4 is 0 Å². The van der Waals surface area contributed by atoms with E-state index < -0.39 is 0 Å². The highest BCUT2D eigenvalue weighted by molar-refractivity contribution is 5.42.